The van der Waals surface area contributed by atoms with Crippen molar-refractivity contribution >= 4 is 112 Å². The maximum absolute atomic E-state index is 14.7. The van der Waals surface area contributed by atoms with E-state index in [1.54, 1.807) is 55.4 Å². The molecule has 0 heterocycles. The molecule has 0 radical (unpaired) electrons. The lowest BCUT2D eigenvalue weighted by Gasteiger charge is -2.28. The number of benzene rings is 2. The first-order valence-electron chi connectivity index (χ1n) is 45.3. The minimum absolute atomic E-state index is 0.0159. The van der Waals surface area contributed by atoms with Crippen molar-refractivity contribution < 1.29 is 112 Å². The molecule has 0 aromatic heterocycles. The number of aliphatic hydroxyl groups is 4. The van der Waals surface area contributed by atoms with Crippen LogP contribution in [0.4, 0.5) is 0 Å². The van der Waals surface area contributed by atoms with Gasteiger partial charge in [-0.25, -0.2) is 0 Å². The zero-order chi connectivity index (χ0) is 102. The number of nitrogens with two attached hydrogens (primary N) is 7. The molecular weight excluding hydrogens is 1780 g/mol. The molecule has 15 atom stereocenters. The lowest BCUT2D eigenvalue weighted by molar-refractivity contribution is -0.136. The molecule has 15 unspecified atom stereocenters. The standard InChI is InChI=1S/C86H147N27O23/c1-45(2)35-58(104-81(133)64(43-116)110-83(135)68(47(5)6)112-66(120)39-99-71(123)53(89)17-9-12-30-87)75(127)108-62(41-114)79(131)106-60(37-49-22-26-51(118)27-23-49)77(129)102-56(20-15-33-97-85(92)93)73(125)96-32-14-11-19-55(70(91)122)101-74(126)57(21-16-34-98-86(94)95)103-78(130)61(38-50-24-28-52(119)29-25-50)107-80(132)63(42-115)109-76(128)59(36-46(3)4)105-82(134)65(44-117)111-84(136)69(48(7)8)113-67(121)40-100-72(124)54(90)18-10-13-31-88/h22-29,45-48,53-65,68-69,114-119H,9-21,30-44,87-90H2,1-8H3,(H2,91,122)(H,96,125)(H,99,123)(H,100,124)(H,101,126)(H,102,129)(H,103,130)(H,104,133)(H,105,134)(H,106,131)(H,107,132)(H,108,127)(H,109,128)(H,110,135)(H,111,136)(H,112,120)(H,113,121)(H4,92,93,97)(H4,94,95,98). The number of amides is 17. The van der Waals surface area contributed by atoms with Crippen molar-refractivity contribution in [3.05, 3.63) is 59.7 Å². The first-order chi connectivity index (χ1) is 64.2. The maximum atomic E-state index is 14.7. The summed E-state index contributed by atoms with van der Waals surface area (Å²) in [7, 11) is 0. The largest absolute Gasteiger partial charge is 0.508 e. The molecule has 0 aliphatic heterocycles. The van der Waals surface area contributed by atoms with E-state index in [0.29, 0.717) is 62.7 Å². The van der Waals surface area contributed by atoms with Gasteiger partial charge in [0, 0.05) is 32.5 Å². The van der Waals surface area contributed by atoms with Crippen LogP contribution in [0.25, 0.3) is 0 Å². The monoisotopic (exact) mass is 1930 g/mol. The van der Waals surface area contributed by atoms with Gasteiger partial charge in [0.15, 0.2) is 11.9 Å². The molecule has 0 aliphatic carbocycles. The number of aliphatic hydroxyl groups excluding tert-OH is 4. The minimum Gasteiger partial charge on any atom is -0.508 e. The van der Waals surface area contributed by atoms with Gasteiger partial charge in [-0.05, 0) is 156 Å². The number of nitrogens with one attached hydrogen (secondary N) is 20. The molecule has 0 spiro atoms. The normalized spacial score (nSPS) is 14.5. The van der Waals surface area contributed by atoms with Crippen LogP contribution in [0.2, 0.25) is 0 Å². The van der Waals surface area contributed by atoms with Gasteiger partial charge in [0.25, 0.3) is 0 Å². The fourth-order valence-electron chi connectivity index (χ4n) is 13.4. The summed E-state index contributed by atoms with van der Waals surface area (Å²) in [5.41, 5.74) is 40.4. The topological polar surface area (TPSA) is 858 Å². The van der Waals surface area contributed by atoms with Crippen LogP contribution in [0.1, 0.15) is 163 Å². The number of rotatable bonds is 67. The fourth-order valence-corrected chi connectivity index (χ4v) is 13.4. The van der Waals surface area contributed by atoms with E-state index in [-0.39, 0.29) is 114 Å². The molecule has 0 saturated carbocycles. The third-order valence-electron chi connectivity index (χ3n) is 21.1. The van der Waals surface area contributed by atoms with Crippen LogP contribution in [0.3, 0.4) is 0 Å². The molecule has 764 valence electrons. The van der Waals surface area contributed by atoms with Crippen molar-refractivity contribution in [2.24, 2.45) is 63.8 Å². The van der Waals surface area contributed by atoms with Gasteiger partial charge in [-0.3, -0.25) is 92.3 Å². The van der Waals surface area contributed by atoms with E-state index in [1.165, 1.54) is 48.5 Å². The average Bonchev–Trinajstić information content (AvgIpc) is 0.850. The third kappa shape index (κ3) is 46.9. The Bertz CT molecular complexity index is 4210. The predicted molar refractivity (Wildman–Crippen MR) is 498 cm³/mol. The SMILES string of the molecule is CC(C)CC(NC(=O)C(CO)NC(=O)C(NC(=O)CNC(=O)C(N)CCCCN)C(C)C)C(=O)NC(CO)C(=O)NC(Cc1ccc(O)cc1)C(=O)NC(CCCNC(=N)N)C(=O)NCCCCC(NC(=O)C(CCCNC(=N)N)NC(=O)C(Cc1ccc(O)cc1)NC(=O)C(CO)NC(=O)C(CC(C)C)NC(=O)C(CO)NC(=O)C(NC(=O)CNC(=O)C(N)CCCCN)C(C)C)C(N)=O. The minimum atomic E-state index is -1.87. The quantitative estimate of drug-likeness (QED) is 0.0166. The first-order valence-corrected chi connectivity index (χ1v) is 45.3. The molecule has 136 heavy (non-hydrogen) atoms. The Hall–Kier alpha value is -12.7. The van der Waals surface area contributed by atoms with E-state index in [4.69, 9.17) is 51.0 Å². The predicted octanol–water partition coefficient (Wildman–Crippen LogP) is -10.00. The maximum Gasteiger partial charge on any atom is 0.245 e. The molecule has 2 aromatic rings. The van der Waals surface area contributed by atoms with Gasteiger partial charge >= 0.3 is 0 Å². The summed E-state index contributed by atoms with van der Waals surface area (Å²) in [6.07, 6.45) is 1.67. The van der Waals surface area contributed by atoms with Gasteiger partial charge < -0.3 is 166 Å². The van der Waals surface area contributed by atoms with Gasteiger partial charge in [0.2, 0.25) is 100 Å². The van der Waals surface area contributed by atoms with Gasteiger partial charge in [0.05, 0.1) is 51.6 Å². The number of guanidine groups is 2. The van der Waals surface area contributed by atoms with Gasteiger partial charge in [-0.2, -0.15) is 0 Å². The van der Waals surface area contributed by atoms with E-state index in [2.05, 4.69) is 95.7 Å². The molecular formula is C86H147N27O23. The molecule has 0 aliphatic rings. The smallest absolute Gasteiger partial charge is 0.245 e. The molecule has 2 rings (SSSR count). The van der Waals surface area contributed by atoms with Gasteiger partial charge in [-0.15, -0.1) is 0 Å². The number of primary amides is 1. The number of unbranched alkanes of at least 4 members (excludes halogenated alkanes) is 3. The molecule has 50 heteroatoms. The summed E-state index contributed by atoms with van der Waals surface area (Å²) in [4.78, 5) is 234. The Morgan fingerprint density at radius 1 is 0.301 bits per heavy atom. The van der Waals surface area contributed by atoms with Crippen LogP contribution in [0, 0.1) is 34.5 Å². The zero-order valence-corrected chi connectivity index (χ0v) is 78.6. The molecule has 17 amide bonds. The highest BCUT2D eigenvalue weighted by Gasteiger charge is 2.39. The summed E-state index contributed by atoms with van der Waals surface area (Å²) in [5.74, 6) is -19.3. The number of hydrogen-bond acceptors (Lipinski definition) is 29. The second-order valence-electron chi connectivity index (χ2n) is 34.4. The molecule has 0 bridgehead atoms. The van der Waals surface area contributed by atoms with Crippen molar-refractivity contribution in [1.82, 2.24) is 95.7 Å². The molecule has 50 nitrogen and oxygen atoms in total. The Labute approximate surface area is 790 Å². The molecule has 2 aromatic carbocycles. The highest BCUT2D eigenvalue weighted by molar-refractivity contribution is 6.01. The van der Waals surface area contributed by atoms with Crippen LogP contribution in [-0.4, -0.2) is 306 Å². The number of aromatic hydroxyl groups is 2. The summed E-state index contributed by atoms with van der Waals surface area (Å²) >= 11 is 0. The number of phenols is 2. The second-order valence-corrected chi connectivity index (χ2v) is 34.4. The summed E-state index contributed by atoms with van der Waals surface area (Å²) in [6, 6.07) is -11.7. The fraction of sp³-hybridized carbons (Fsp3) is 0.640. The van der Waals surface area contributed by atoms with Crippen LogP contribution in [0.15, 0.2) is 48.5 Å². The second kappa shape index (κ2) is 64.3. The lowest BCUT2D eigenvalue weighted by atomic mass is 10.0. The van der Waals surface area contributed by atoms with Crippen LogP contribution < -0.4 is 136 Å². The summed E-state index contributed by atoms with van der Waals surface area (Å²) in [5, 5.41) is 122. The Morgan fingerprint density at radius 2 is 0.574 bits per heavy atom. The number of hydrogen-bond donors (Lipinski definition) is 33. The summed E-state index contributed by atoms with van der Waals surface area (Å²) < 4.78 is 0. The van der Waals surface area contributed by atoms with Gasteiger partial charge in [0.1, 0.15) is 90.0 Å². The number of phenolic OH excluding ortho intramolecular Hbond substituents is 2. The van der Waals surface area contributed by atoms with Crippen molar-refractivity contribution in [2.75, 3.05) is 72.2 Å². The molecule has 40 N–H and O–H groups in total. The van der Waals surface area contributed by atoms with Crippen molar-refractivity contribution in [3.63, 3.8) is 0 Å². The van der Waals surface area contributed by atoms with Crippen molar-refractivity contribution in [3.8, 4) is 11.5 Å². The Balaban J connectivity index is 2.41. The van der Waals surface area contributed by atoms with Crippen LogP contribution >= 0.6 is 0 Å². The zero-order valence-electron chi connectivity index (χ0n) is 78.6. The number of carbonyl (C=O) groups is 17. The van der Waals surface area contributed by atoms with Crippen molar-refractivity contribution in [2.45, 2.75) is 255 Å². The first kappa shape index (κ1) is 119. The van der Waals surface area contributed by atoms with Gasteiger partial charge in [-0.1, -0.05) is 92.5 Å². The van der Waals surface area contributed by atoms with Crippen molar-refractivity contribution in [1.29, 1.82) is 10.8 Å². The highest BCUT2D eigenvalue weighted by atomic mass is 16.3. The van der Waals surface area contributed by atoms with E-state index in [9.17, 15) is 112 Å². The molecule has 0 fully saturated rings. The third-order valence-corrected chi connectivity index (χ3v) is 21.1. The highest BCUT2D eigenvalue weighted by Crippen LogP contribution is 2.18. The van der Waals surface area contributed by atoms with E-state index >= 15 is 0 Å². The Morgan fingerprint density at radius 3 is 0.890 bits per heavy atom. The van der Waals surface area contributed by atoms with Crippen LogP contribution in [-0.2, 0) is 94.3 Å². The number of carbonyl (C=O) groups excluding carboxylic acids is 17. The summed E-state index contributed by atoms with van der Waals surface area (Å²) in [6.45, 7) is 8.26. The molecule has 0 saturated heterocycles. The Kier molecular flexibility index (Phi) is 56.4. The van der Waals surface area contributed by atoms with Crippen LogP contribution in [0.5, 0.6) is 11.5 Å². The van der Waals surface area contributed by atoms with E-state index in [1.807, 2.05) is 0 Å². The lowest BCUT2D eigenvalue weighted by Crippen LogP contribution is -2.61. The average molecular weight is 1930 g/mol. The van der Waals surface area contributed by atoms with E-state index in [0.717, 1.165) is 0 Å². The van der Waals surface area contributed by atoms with E-state index < -0.39 is 254 Å².